The maximum atomic E-state index is 12.9. The molecule has 0 saturated carbocycles. The summed E-state index contributed by atoms with van der Waals surface area (Å²) in [4.78, 5) is 0. The minimum Gasteiger partial charge on any atom is -0.207 e. The molecule has 3 heteroatoms. The fraction of sp³-hybridized carbons (Fsp3) is 0.250. The Bertz CT molecular complexity index is 273. The van der Waals surface area contributed by atoms with Crippen molar-refractivity contribution in [3.8, 4) is 0 Å². The van der Waals surface area contributed by atoms with Crippen molar-refractivity contribution in [1.29, 1.82) is 0 Å². The molecule has 0 saturated heterocycles. The molecule has 0 spiro atoms. The van der Waals surface area contributed by atoms with Crippen molar-refractivity contribution in [1.82, 2.24) is 0 Å². The maximum absolute atomic E-state index is 12.9. The monoisotopic (exact) mass is 236 g/mol. The molecule has 0 aromatic heterocycles. The third-order valence-electron chi connectivity index (χ3n) is 1.49. The van der Waals surface area contributed by atoms with Crippen molar-refractivity contribution in [3.05, 3.63) is 33.0 Å². The van der Waals surface area contributed by atoms with Gasteiger partial charge in [-0.2, -0.15) is 0 Å². The first-order valence-electron chi connectivity index (χ1n) is 3.29. The number of hydrogen-bond donors (Lipinski definition) is 0. The predicted octanol–water partition coefficient (Wildman–Crippen LogP) is 3.80. The molecular formula is C8H7BrClF. The Morgan fingerprint density at radius 1 is 1.55 bits per heavy atom. The van der Waals surface area contributed by atoms with Crippen LogP contribution in [0.15, 0.2) is 16.6 Å². The van der Waals surface area contributed by atoms with Gasteiger partial charge in [0.1, 0.15) is 5.82 Å². The molecule has 0 aliphatic heterocycles. The van der Waals surface area contributed by atoms with E-state index in [1.807, 2.05) is 6.92 Å². The van der Waals surface area contributed by atoms with Crippen molar-refractivity contribution in [3.63, 3.8) is 0 Å². The lowest BCUT2D eigenvalue weighted by atomic mass is 10.1. The van der Waals surface area contributed by atoms with E-state index in [0.717, 1.165) is 4.47 Å². The molecule has 1 rings (SSSR count). The van der Waals surface area contributed by atoms with Crippen molar-refractivity contribution in [2.75, 3.05) is 0 Å². The molecule has 0 radical (unpaired) electrons. The zero-order chi connectivity index (χ0) is 8.43. The molecule has 11 heavy (non-hydrogen) atoms. The van der Waals surface area contributed by atoms with Crippen LogP contribution in [0.2, 0.25) is 5.02 Å². The molecule has 0 fully saturated rings. The van der Waals surface area contributed by atoms with E-state index in [9.17, 15) is 4.39 Å². The van der Waals surface area contributed by atoms with Gasteiger partial charge in [0.05, 0.1) is 5.02 Å². The van der Waals surface area contributed by atoms with Gasteiger partial charge in [0.2, 0.25) is 0 Å². The van der Waals surface area contributed by atoms with Gasteiger partial charge < -0.3 is 0 Å². The predicted molar refractivity (Wildman–Crippen MR) is 48.5 cm³/mol. The molecule has 1 aromatic rings. The van der Waals surface area contributed by atoms with Gasteiger partial charge in [-0.3, -0.25) is 0 Å². The van der Waals surface area contributed by atoms with Crippen LogP contribution in [0.4, 0.5) is 4.39 Å². The minimum absolute atomic E-state index is 0.235. The second-order valence-corrected chi connectivity index (χ2v) is 3.41. The molecule has 0 heterocycles. The smallest absolute Gasteiger partial charge is 0.127 e. The summed E-state index contributed by atoms with van der Waals surface area (Å²) in [6.07, 6.45) is 0.615. The lowest BCUT2D eigenvalue weighted by Gasteiger charge is -2.03. The van der Waals surface area contributed by atoms with Crippen LogP contribution in [0.3, 0.4) is 0 Å². The van der Waals surface area contributed by atoms with Crippen LogP contribution in [0.25, 0.3) is 0 Å². The molecule has 0 bridgehead atoms. The molecule has 0 aliphatic rings. The summed E-state index contributed by atoms with van der Waals surface area (Å²) in [7, 11) is 0. The fourth-order valence-electron chi connectivity index (χ4n) is 0.893. The number of halogens is 3. The van der Waals surface area contributed by atoms with Crippen LogP contribution >= 0.6 is 27.5 Å². The van der Waals surface area contributed by atoms with Crippen LogP contribution in [-0.4, -0.2) is 0 Å². The van der Waals surface area contributed by atoms with Crippen LogP contribution in [0, 0.1) is 5.82 Å². The zero-order valence-electron chi connectivity index (χ0n) is 6.00. The lowest BCUT2D eigenvalue weighted by molar-refractivity contribution is 0.612. The van der Waals surface area contributed by atoms with Gasteiger partial charge in [-0.15, -0.1) is 0 Å². The van der Waals surface area contributed by atoms with Gasteiger partial charge in [-0.05, 0) is 34.5 Å². The van der Waals surface area contributed by atoms with Gasteiger partial charge >= 0.3 is 0 Å². The molecule has 60 valence electrons. The molecule has 0 unspecified atom stereocenters. The van der Waals surface area contributed by atoms with E-state index in [4.69, 9.17) is 11.6 Å². The second kappa shape index (κ2) is 3.55. The first-order chi connectivity index (χ1) is 5.16. The number of rotatable bonds is 1. The summed E-state index contributed by atoms with van der Waals surface area (Å²) in [5, 5.41) is 0.479. The van der Waals surface area contributed by atoms with Crippen LogP contribution in [0.1, 0.15) is 12.5 Å². The minimum atomic E-state index is -0.235. The zero-order valence-corrected chi connectivity index (χ0v) is 8.34. The summed E-state index contributed by atoms with van der Waals surface area (Å²) in [5.74, 6) is -0.235. The Morgan fingerprint density at radius 3 is 2.64 bits per heavy atom. The first kappa shape index (κ1) is 9.01. The fourth-order valence-corrected chi connectivity index (χ4v) is 1.55. The highest BCUT2D eigenvalue weighted by atomic mass is 79.9. The maximum Gasteiger partial charge on any atom is 0.127 e. The van der Waals surface area contributed by atoms with Gasteiger partial charge in [0.25, 0.3) is 0 Å². The Kier molecular flexibility index (Phi) is 2.90. The van der Waals surface area contributed by atoms with E-state index in [1.165, 1.54) is 6.07 Å². The Labute approximate surface area is 78.5 Å². The standard InChI is InChI=1S/C8H7BrClF/c1-2-5-7(11)4-3-6(9)8(5)10/h3-4H,2H2,1H3. The largest absolute Gasteiger partial charge is 0.207 e. The topological polar surface area (TPSA) is 0 Å². The van der Waals surface area contributed by atoms with Crippen molar-refractivity contribution >= 4 is 27.5 Å². The molecule has 1 aromatic carbocycles. The van der Waals surface area contributed by atoms with Gasteiger partial charge in [0, 0.05) is 10.0 Å². The van der Waals surface area contributed by atoms with Gasteiger partial charge in [0.15, 0.2) is 0 Å². The summed E-state index contributed by atoms with van der Waals surface area (Å²) in [6, 6.07) is 3.02. The average molecular weight is 237 g/mol. The highest BCUT2D eigenvalue weighted by molar-refractivity contribution is 9.10. The van der Waals surface area contributed by atoms with E-state index in [-0.39, 0.29) is 5.82 Å². The first-order valence-corrected chi connectivity index (χ1v) is 4.46. The average Bonchev–Trinajstić information content (AvgIpc) is 1.99. The Balaban J connectivity index is 3.29. The third kappa shape index (κ3) is 1.74. The highest BCUT2D eigenvalue weighted by Gasteiger charge is 2.07. The van der Waals surface area contributed by atoms with E-state index in [2.05, 4.69) is 15.9 Å². The van der Waals surface area contributed by atoms with Crippen molar-refractivity contribution < 1.29 is 4.39 Å². The van der Waals surface area contributed by atoms with E-state index >= 15 is 0 Å². The summed E-state index contributed by atoms with van der Waals surface area (Å²) in [6.45, 7) is 1.87. The quantitative estimate of drug-likeness (QED) is 0.652. The molecular weight excluding hydrogens is 230 g/mol. The van der Waals surface area contributed by atoms with Gasteiger partial charge in [-0.25, -0.2) is 4.39 Å². The van der Waals surface area contributed by atoms with E-state index in [1.54, 1.807) is 6.07 Å². The number of hydrogen-bond acceptors (Lipinski definition) is 0. The molecule has 0 atom stereocenters. The lowest BCUT2D eigenvalue weighted by Crippen LogP contribution is -1.89. The van der Waals surface area contributed by atoms with Crippen LogP contribution in [0.5, 0.6) is 0 Å². The second-order valence-electron chi connectivity index (χ2n) is 2.18. The van der Waals surface area contributed by atoms with E-state index in [0.29, 0.717) is 17.0 Å². The third-order valence-corrected chi connectivity index (χ3v) is 2.81. The van der Waals surface area contributed by atoms with Gasteiger partial charge in [-0.1, -0.05) is 18.5 Å². The highest BCUT2D eigenvalue weighted by Crippen LogP contribution is 2.28. The normalized spacial score (nSPS) is 10.2. The van der Waals surface area contributed by atoms with Crippen molar-refractivity contribution in [2.45, 2.75) is 13.3 Å². The molecule has 0 aliphatic carbocycles. The summed E-state index contributed by atoms with van der Waals surface area (Å²) < 4.78 is 13.7. The van der Waals surface area contributed by atoms with E-state index < -0.39 is 0 Å². The SMILES string of the molecule is CCc1c(F)ccc(Br)c1Cl. The summed E-state index contributed by atoms with van der Waals surface area (Å²) in [5.41, 5.74) is 0.570. The molecule has 0 nitrogen and oxygen atoms in total. The van der Waals surface area contributed by atoms with Crippen LogP contribution in [-0.2, 0) is 6.42 Å². The molecule has 0 N–H and O–H groups in total. The summed E-state index contributed by atoms with van der Waals surface area (Å²) >= 11 is 9.03. The number of benzene rings is 1. The van der Waals surface area contributed by atoms with Crippen LogP contribution < -0.4 is 0 Å². The Morgan fingerprint density at radius 2 is 2.18 bits per heavy atom. The molecule has 0 amide bonds. The van der Waals surface area contributed by atoms with Crippen molar-refractivity contribution in [2.24, 2.45) is 0 Å². The Hall–Kier alpha value is -0.0800.